The summed E-state index contributed by atoms with van der Waals surface area (Å²) in [5.74, 6) is 1.43. The Balaban J connectivity index is 0.000000423. The van der Waals surface area contributed by atoms with E-state index in [0.29, 0.717) is 17.9 Å². The number of anilines is 1. The number of ether oxygens (including phenoxy) is 1. The van der Waals surface area contributed by atoms with Gasteiger partial charge in [-0.05, 0) is 19.8 Å². The number of hydrogen-bond donors (Lipinski definition) is 2. The number of nitrogen functional groups attached to an aromatic ring is 1. The fourth-order valence-electron chi connectivity index (χ4n) is 2.83. The van der Waals surface area contributed by atoms with Gasteiger partial charge in [0.2, 0.25) is 5.95 Å². The molecule has 0 unspecified atom stereocenters. The van der Waals surface area contributed by atoms with E-state index in [1.165, 1.54) is 26.4 Å². The summed E-state index contributed by atoms with van der Waals surface area (Å²) >= 11 is 0. The number of fused-ring (bicyclic) bond motifs is 1. The Bertz CT molecular complexity index is 702. The van der Waals surface area contributed by atoms with Crippen LogP contribution in [0.5, 0.6) is 0 Å². The lowest BCUT2D eigenvalue weighted by molar-refractivity contribution is -0.126. The first-order valence-corrected chi connectivity index (χ1v) is 8.30. The molecule has 0 aromatic carbocycles. The van der Waals surface area contributed by atoms with Crippen LogP contribution < -0.4 is 11.3 Å². The SMILES string of the molecule is CC.COC=O.Cc1nc(C2CCCCC2)n2nc(N)[nH]c(=O)c12. The number of aromatic nitrogens is 4. The Labute approximate surface area is 141 Å². The molecule has 0 saturated heterocycles. The van der Waals surface area contributed by atoms with Crippen molar-refractivity contribution in [2.45, 2.75) is 58.8 Å². The summed E-state index contributed by atoms with van der Waals surface area (Å²) in [5.41, 5.74) is 6.65. The number of H-pyrrole nitrogens is 1. The lowest BCUT2D eigenvalue weighted by Crippen LogP contribution is -2.18. The van der Waals surface area contributed by atoms with Gasteiger partial charge in [0.1, 0.15) is 5.82 Å². The molecule has 24 heavy (non-hydrogen) atoms. The average Bonchev–Trinajstić information content (AvgIpc) is 2.94. The minimum Gasteiger partial charge on any atom is -0.471 e. The van der Waals surface area contributed by atoms with Crippen LogP contribution in [0.4, 0.5) is 5.95 Å². The highest BCUT2D eigenvalue weighted by Gasteiger charge is 2.23. The molecule has 0 atom stereocenters. The van der Waals surface area contributed by atoms with Crippen LogP contribution in [-0.4, -0.2) is 33.2 Å². The second kappa shape index (κ2) is 9.69. The number of rotatable bonds is 2. The van der Waals surface area contributed by atoms with Gasteiger partial charge in [0, 0.05) is 5.92 Å². The van der Waals surface area contributed by atoms with Crippen LogP contribution in [0, 0.1) is 6.92 Å². The van der Waals surface area contributed by atoms with Crippen LogP contribution in [0.3, 0.4) is 0 Å². The van der Waals surface area contributed by atoms with Crippen molar-refractivity contribution in [3.63, 3.8) is 0 Å². The fourth-order valence-corrected chi connectivity index (χ4v) is 2.83. The molecule has 0 aliphatic heterocycles. The number of nitrogens with zero attached hydrogens (tertiary/aromatic N) is 3. The van der Waals surface area contributed by atoms with Crippen LogP contribution in [0.25, 0.3) is 5.52 Å². The van der Waals surface area contributed by atoms with Crippen LogP contribution >= 0.6 is 0 Å². The van der Waals surface area contributed by atoms with Crippen molar-refractivity contribution in [1.82, 2.24) is 19.6 Å². The minimum absolute atomic E-state index is 0.141. The van der Waals surface area contributed by atoms with Crippen molar-refractivity contribution in [2.75, 3.05) is 12.8 Å². The highest BCUT2D eigenvalue weighted by atomic mass is 16.5. The predicted molar refractivity (Wildman–Crippen MR) is 93.0 cm³/mol. The monoisotopic (exact) mass is 337 g/mol. The quantitative estimate of drug-likeness (QED) is 0.811. The van der Waals surface area contributed by atoms with E-state index in [1.54, 1.807) is 4.52 Å². The summed E-state index contributed by atoms with van der Waals surface area (Å²) < 4.78 is 5.50. The maximum Gasteiger partial charge on any atom is 0.292 e. The van der Waals surface area contributed by atoms with Gasteiger partial charge in [0.25, 0.3) is 12.0 Å². The minimum atomic E-state index is -0.213. The zero-order valence-electron chi connectivity index (χ0n) is 14.8. The molecular formula is C16H27N5O3. The van der Waals surface area contributed by atoms with Gasteiger partial charge in [0.05, 0.1) is 12.8 Å². The number of hydrogen-bond acceptors (Lipinski definition) is 6. The zero-order valence-corrected chi connectivity index (χ0v) is 14.8. The van der Waals surface area contributed by atoms with Gasteiger partial charge in [-0.3, -0.25) is 14.6 Å². The number of methoxy groups -OCH3 is 1. The fraction of sp³-hybridized carbons (Fsp3) is 0.625. The highest BCUT2D eigenvalue weighted by molar-refractivity contribution is 5.51. The zero-order chi connectivity index (χ0) is 18.1. The molecule has 2 aromatic rings. The molecule has 8 heteroatoms. The maximum atomic E-state index is 11.9. The largest absolute Gasteiger partial charge is 0.471 e. The molecule has 1 aliphatic carbocycles. The summed E-state index contributed by atoms with van der Waals surface area (Å²) in [7, 11) is 1.31. The number of nitrogens with one attached hydrogen (secondary N) is 1. The van der Waals surface area contributed by atoms with E-state index in [9.17, 15) is 4.79 Å². The summed E-state index contributed by atoms with van der Waals surface area (Å²) in [6.07, 6.45) is 5.96. The Hall–Kier alpha value is -2.38. The number of carbonyl (C=O) groups excluding carboxylic acids is 1. The van der Waals surface area contributed by atoms with E-state index < -0.39 is 0 Å². The first-order chi connectivity index (χ1) is 11.6. The molecule has 1 aliphatic rings. The summed E-state index contributed by atoms with van der Waals surface area (Å²) in [6, 6.07) is 0. The molecule has 1 fully saturated rings. The van der Waals surface area contributed by atoms with Gasteiger partial charge in [-0.1, -0.05) is 33.1 Å². The Morgan fingerprint density at radius 2 is 1.88 bits per heavy atom. The molecule has 0 spiro atoms. The smallest absolute Gasteiger partial charge is 0.292 e. The molecule has 3 N–H and O–H groups in total. The van der Waals surface area contributed by atoms with Gasteiger partial charge in [-0.2, -0.15) is 0 Å². The van der Waals surface area contributed by atoms with Gasteiger partial charge in [0.15, 0.2) is 5.52 Å². The van der Waals surface area contributed by atoms with Crippen molar-refractivity contribution in [3.8, 4) is 0 Å². The van der Waals surface area contributed by atoms with Crippen LogP contribution in [0.2, 0.25) is 0 Å². The third-order valence-corrected chi connectivity index (χ3v) is 3.78. The number of aromatic amines is 1. The van der Waals surface area contributed by atoms with Crippen molar-refractivity contribution < 1.29 is 9.53 Å². The number of aryl methyl sites for hydroxylation is 1. The molecular weight excluding hydrogens is 310 g/mol. The van der Waals surface area contributed by atoms with Crippen LogP contribution in [0.15, 0.2) is 4.79 Å². The van der Waals surface area contributed by atoms with Crippen molar-refractivity contribution >= 4 is 17.9 Å². The molecule has 1 saturated carbocycles. The molecule has 2 aromatic heterocycles. The number of imidazole rings is 1. The normalized spacial score (nSPS) is 14.2. The molecule has 0 amide bonds. The second-order valence-electron chi connectivity index (χ2n) is 5.32. The van der Waals surface area contributed by atoms with E-state index in [0.717, 1.165) is 24.4 Å². The number of nitrogens with two attached hydrogens (primary N) is 1. The molecule has 134 valence electrons. The third-order valence-electron chi connectivity index (χ3n) is 3.78. The lowest BCUT2D eigenvalue weighted by atomic mass is 9.89. The molecule has 0 radical (unpaired) electrons. The van der Waals surface area contributed by atoms with E-state index in [4.69, 9.17) is 10.5 Å². The molecule has 2 heterocycles. The van der Waals surface area contributed by atoms with Gasteiger partial charge < -0.3 is 10.5 Å². The third kappa shape index (κ3) is 4.56. The Morgan fingerprint density at radius 1 is 1.29 bits per heavy atom. The lowest BCUT2D eigenvalue weighted by Gasteiger charge is -2.19. The van der Waals surface area contributed by atoms with E-state index >= 15 is 0 Å². The van der Waals surface area contributed by atoms with Gasteiger partial charge in [-0.15, -0.1) is 5.10 Å². The molecule has 3 rings (SSSR count). The summed E-state index contributed by atoms with van der Waals surface area (Å²) in [5, 5.41) is 4.21. The van der Waals surface area contributed by atoms with Crippen molar-refractivity contribution in [3.05, 3.63) is 21.9 Å². The van der Waals surface area contributed by atoms with E-state index in [1.807, 2.05) is 20.8 Å². The second-order valence-corrected chi connectivity index (χ2v) is 5.32. The first kappa shape index (κ1) is 19.7. The Kier molecular flexibility index (Phi) is 7.94. The molecule has 8 nitrogen and oxygen atoms in total. The topological polar surface area (TPSA) is 115 Å². The highest BCUT2D eigenvalue weighted by Crippen LogP contribution is 2.32. The summed E-state index contributed by atoms with van der Waals surface area (Å²) in [4.78, 5) is 27.9. The average molecular weight is 337 g/mol. The van der Waals surface area contributed by atoms with E-state index in [2.05, 4.69) is 19.8 Å². The van der Waals surface area contributed by atoms with Crippen LogP contribution in [0.1, 0.15) is 63.4 Å². The van der Waals surface area contributed by atoms with Crippen molar-refractivity contribution in [1.29, 1.82) is 0 Å². The maximum absolute atomic E-state index is 11.9. The Morgan fingerprint density at radius 3 is 2.42 bits per heavy atom. The van der Waals surface area contributed by atoms with Gasteiger partial charge >= 0.3 is 0 Å². The van der Waals surface area contributed by atoms with Crippen molar-refractivity contribution in [2.24, 2.45) is 0 Å². The first-order valence-electron chi connectivity index (χ1n) is 8.30. The number of carbonyl (C=O) groups is 1. The van der Waals surface area contributed by atoms with E-state index in [-0.39, 0.29) is 11.5 Å². The predicted octanol–water partition coefficient (Wildman–Crippen LogP) is 2.17. The standard InChI is InChI=1S/C12H17N5O.C2H4O2.C2H6/c1-7-9-11(18)15-12(13)16-17(9)10(14-7)8-5-3-2-4-6-8;1-4-2-3;1-2/h8H,2-6H2,1H3,(H3,13,15,16,18);2H,1H3;1-2H3. The summed E-state index contributed by atoms with van der Waals surface area (Å²) in [6.45, 7) is 6.22. The van der Waals surface area contributed by atoms with Crippen LogP contribution in [-0.2, 0) is 9.53 Å². The van der Waals surface area contributed by atoms with Gasteiger partial charge in [-0.25, -0.2) is 9.50 Å². The molecule has 0 bridgehead atoms.